The van der Waals surface area contributed by atoms with E-state index in [4.69, 9.17) is 14.6 Å². The summed E-state index contributed by atoms with van der Waals surface area (Å²) in [5, 5.41) is 12.0. The Balaban J connectivity index is 2.78. The minimum atomic E-state index is -0.342. The van der Waals surface area contributed by atoms with E-state index in [9.17, 15) is 4.79 Å². The topological polar surface area (TPSA) is 67.8 Å². The number of hydrogen-bond acceptors (Lipinski definition) is 4. The van der Waals surface area contributed by atoms with Gasteiger partial charge in [0, 0.05) is 24.1 Å². The fourth-order valence-electron chi connectivity index (χ4n) is 1.56. The fourth-order valence-corrected chi connectivity index (χ4v) is 1.56. The summed E-state index contributed by atoms with van der Waals surface area (Å²) in [4.78, 5) is 12.1. The molecule has 0 aliphatic rings. The normalized spacial score (nSPS) is 11.1. The van der Waals surface area contributed by atoms with Gasteiger partial charge >= 0.3 is 0 Å². The number of carbonyl (C=O) groups is 1. The predicted octanol–water partition coefficient (Wildman–Crippen LogP) is 1.84. The molecular weight excluding hydrogens is 258 g/mol. The van der Waals surface area contributed by atoms with Crippen LogP contribution in [0.25, 0.3) is 0 Å². The zero-order valence-corrected chi connectivity index (χ0v) is 12.5. The van der Waals surface area contributed by atoms with Crippen LogP contribution in [-0.4, -0.2) is 37.9 Å². The van der Waals surface area contributed by atoms with Gasteiger partial charge in [0.1, 0.15) is 0 Å². The minimum absolute atomic E-state index is 0.0138. The van der Waals surface area contributed by atoms with Crippen molar-refractivity contribution in [2.45, 2.75) is 20.8 Å². The fraction of sp³-hybridized carbons (Fsp3) is 0.533. The van der Waals surface area contributed by atoms with Gasteiger partial charge in [0.25, 0.3) is 5.91 Å². The lowest BCUT2D eigenvalue weighted by molar-refractivity contribution is 0.0910. The maximum atomic E-state index is 12.1. The zero-order chi connectivity index (χ0) is 15.2. The van der Waals surface area contributed by atoms with E-state index in [0.29, 0.717) is 30.2 Å². The second kappa shape index (κ2) is 7.14. The molecule has 0 aliphatic heterocycles. The highest BCUT2D eigenvalue weighted by Gasteiger charge is 2.18. The van der Waals surface area contributed by atoms with Crippen molar-refractivity contribution in [1.82, 2.24) is 5.32 Å². The van der Waals surface area contributed by atoms with Crippen molar-refractivity contribution in [3.05, 3.63) is 23.8 Å². The third-order valence-corrected chi connectivity index (χ3v) is 2.88. The summed E-state index contributed by atoms with van der Waals surface area (Å²) in [6, 6.07) is 5.05. The van der Waals surface area contributed by atoms with Gasteiger partial charge in [-0.1, -0.05) is 13.8 Å². The summed E-state index contributed by atoms with van der Waals surface area (Å²) in [5.74, 6) is 0.941. The van der Waals surface area contributed by atoms with Crippen LogP contribution >= 0.6 is 0 Å². The highest BCUT2D eigenvalue weighted by molar-refractivity contribution is 5.94. The number of hydrogen-bond donors (Lipinski definition) is 2. The number of aliphatic hydroxyl groups is 1. The van der Waals surface area contributed by atoms with E-state index in [1.807, 2.05) is 20.8 Å². The standard InChI is InChI=1S/C15H23NO4/c1-5-20-12-7-6-11(8-13(12)19-4)14(18)16-9-15(2,3)10-17/h6-8,17H,5,9-10H2,1-4H3,(H,16,18). The lowest BCUT2D eigenvalue weighted by Crippen LogP contribution is -2.36. The van der Waals surface area contributed by atoms with Crippen LogP contribution in [0.5, 0.6) is 11.5 Å². The van der Waals surface area contributed by atoms with Crippen LogP contribution in [0.4, 0.5) is 0 Å². The Morgan fingerprint density at radius 1 is 1.35 bits per heavy atom. The number of rotatable bonds is 7. The molecule has 0 radical (unpaired) electrons. The number of aliphatic hydroxyl groups excluding tert-OH is 1. The molecule has 1 aromatic rings. The summed E-state index contributed by atoms with van der Waals surface area (Å²) in [7, 11) is 1.54. The van der Waals surface area contributed by atoms with E-state index in [2.05, 4.69) is 5.32 Å². The van der Waals surface area contributed by atoms with E-state index < -0.39 is 0 Å². The molecule has 1 amide bonds. The Labute approximate surface area is 119 Å². The lowest BCUT2D eigenvalue weighted by Gasteiger charge is -2.22. The molecule has 0 spiro atoms. The average Bonchev–Trinajstić information content (AvgIpc) is 2.45. The van der Waals surface area contributed by atoms with E-state index in [-0.39, 0.29) is 17.9 Å². The molecule has 0 aliphatic carbocycles. The molecule has 0 unspecified atom stereocenters. The van der Waals surface area contributed by atoms with Gasteiger partial charge < -0.3 is 19.9 Å². The van der Waals surface area contributed by atoms with Crippen molar-refractivity contribution in [2.75, 3.05) is 26.9 Å². The molecule has 1 aromatic carbocycles. The van der Waals surface area contributed by atoms with Crippen LogP contribution in [0.2, 0.25) is 0 Å². The minimum Gasteiger partial charge on any atom is -0.493 e. The third-order valence-electron chi connectivity index (χ3n) is 2.88. The Kier molecular flexibility index (Phi) is 5.82. The van der Waals surface area contributed by atoms with Gasteiger partial charge in [0.15, 0.2) is 11.5 Å². The van der Waals surface area contributed by atoms with Gasteiger partial charge in [-0.25, -0.2) is 0 Å². The molecule has 5 heteroatoms. The molecule has 20 heavy (non-hydrogen) atoms. The molecular formula is C15H23NO4. The Bertz CT molecular complexity index is 457. The first-order chi connectivity index (χ1) is 9.43. The average molecular weight is 281 g/mol. The van der Waals surface area contributed by atoms with Crippen LogP contribution in [0.1, 0.15) is 31.1 Å². The van der Waals surface area contributed by atoms with Gasteiger partial charge in [0.05, 0.1) is 13.7 Å². The first-order valence-electron chi connectivity index (χ1n) is 6.63. The number of benzene rings is 1. The summed E-state index contributed by atoms with van der Waals surface area (Å²) >= 11 is 0. The van der Waals surface area contributed by atoms with Crippen LogP contribution in [0.3, 0.4) is 0 Å². The number of carbonyl (C=O) groups excluding carboxylic acids is 1. The molecule has 0 atom stereocenters. The molecule has 5 nitrogen and oxygen atoms in total. The summed E-state index contributed by atoms with van der Waals surface area (Å²) < 4.78 is 10.6. The van der Waals surface area contributed by atoms with E-state index in [1.54, 1.807) is 18.2 Å². The van der Waals surface area contributed by atoms with Gasteiger partial charge in [-0.2, -0.15) is 0 Å². The molecule has 2 N–H and O–H groups in total. The molecule has 0 aromatic heterocycles. The molecule has 0 bridgehead atoms. The van der Waals surface area contributed by atoms with Crippen LogP contribution in [0, 0.1) is 5.41 Å². The lowest BCUT2D eigenvalue weighted by atomic mass is 9.95. The van der Waals surface area contributed by atoms with Crippen LogP contribution in [0.15, 0.2) is 18.2 Å². The molecule has 1 rings (SSSR count). The molecule has 0 fully saturated rings. The number of nitrogens with one attached hydrogen (secondary N) is 1. The van der Waals surface area contributed by atoms with Crippen LogP contribution < -0.4 is 14.8 Å². The highest BCUT2D eigenvalue weighted by atomic mass is 16.5. The number of ether oxygens (including phenoxy) is 2. The molecule has 112 valence electrons. The third kappa shape index (κ3) is 4.42. The van der Waals surface area contributed by atoms with Crippen molar-refractivity contribution in [1.29, 1.82) is 0 Å². The van der Waals surface area contributed by atoms with E-state index >= 15 is 0 Å². The monoisotopic (exact) mass is 281 g/mol. The van der Waals surface area contributed by atoms with Crippen molar-refractivity contribution in [3.8, 4) is 11.5 Å². The van der Waals surface area contributed by atoms with E-state index in [1.165, 1.54) is 7.11 Å². The van der Waals surface area contributed by atoms with E-state index in [0.717, 1.165) is 0 Å². The summed E-state index contributed by atoms with van der Waals surface area (Å²) in [6.07, 6.45) is 0. The Morgan fingerprint density at radius 3 is 2.60 bits per heavy atom. The smallest absolute Gasteiger partial charge is 0.251 e. The van der Waals surface area contributed by atoms with Gasteiger partial charge in [-0.3, -0.25) is 4.79 Å². The van der Waals surface area contributed by atoms with Crippen molar-refractivity contribution in [3.63, 3.8) is 0 Å². The van der Waals surface area contributed by atoms with Crippen molar-refractivity contribution >= 4 is 5.91 Å². The largest absolute Gasteiger partial charge is 0.493 e. The molecule has 0 heterocycles. The van der Waals surface area contributed by atoms with Crippen molar-refractivity contribution < 1.29 is 19.4 Å². The maximum Gasteiger partial charge on any atom is 0.251 e. The number of amides is 1. The highest BCUT2D eigenvalue weighted by Crippen LogP contribution is 2.28. The summed E-state index contributed by atoms with van der Waals surface area (Å²) in [6.45, 7) is 6.60. The first-order valence-corrected chi connectivity index (χ1v) is 6.63. The van der Waals surface area contributed by atoms with Crippen LogP contribution in [-0.2, 0) is 0 Å². The Hall–Kier alpha value is -1.75. The van der Waals surface area contributed by atoms with Gasteiger partial charge in [-0.15, -0.1) is 0 Å². The zero-order valence-electron chi connectivity index (χ0n) is 12.5. The second-order valence-electron chi connectivity index (χ2n) is 5.30. The molecule has 0 saturated carbocycles. The van der Waals surface area contributed by atoms with Gasteiger partial charge in [0.2, 0.25) is 0 Å². The SMILES string of the molecule is CCOc1ccc(C(=O)NCC(C)(C)CO)cc1OC. The second-order valence-corrected chi connectivity index (χ2v) is 5.30. The molecule has 0 saturated heterocycles. The Morgan fingerprint density at radius 2 is 2.05 bits per heavy atom. The summed E-state index contributed by atoms with van der Waals surface area (Å²) in [5.41, 5.74) is 0.157. The van der Waals surface area contributed by atoms with Crippen molar-refractivity contribution in [2.24, 2.45) is 5.41 Å². The van der Waals surface area contributed by atoms with Gasteiger partial charge in [-0.05, 0) is 25.1 Å². The first kappa shape index (κ1) is 16.3. The predicted molar refractivity (Wildman–Crippen MR) is 77.4 cm³/mol. The quantitative estimate of drug-likeness (QED) is 0.800. The maximum absolute atomic E-state index is 12.1. The number of methoxy groups -OCH3 is 1.